The maximum Gasteiger partial charge on any atom is 0.472 e. The second-order valence-electron chi connectivity index (χ2n) is 25.4. The number of allylic oxidation sites excluding steroid dienone is 22. The van der Waals surface area contributed by atoms with Crippen molar-refractivity contribution in [3.05, 3.63) is 134 Å². The average molecular weight is 1430 g/mol. The van der Waals surface area contributed by atoms with Crippen LogP contribution in [0, 0.1) is 0 Å². The second-order valence-corrected chi connectivity index (χ2v) is 28.3. The van der Waals surface area contributed by atoms with Gasteiger partial charge in [0.15, 0.2) is 6.10 Å². The van der Waals surface area contributed by atoms with Crippen LogP contribution in [0.2, 0.25) is 0 Å². The van der Waals surface area contributed by atoms with Gasteiger partial charge in [-0.3, -0.25) is 32.5 Å². The number of hydrogen-bond donors (Lipinski definition) is 4. The van der Waals surface area contributed by atoms with Crippen molar-refractivity contribution in [3.63, 3.8) is 0 Å². The molecule has 18 heteroatoms. The summed E-state index contributed by atoms with van der Waals surface area (Å²) < 4.78 is 61.1. The summed E-state index contributed by atoms with van der Waals surface area (Å²) in [5.74, 6) is -1.61. The molecule has 5 unspecified atom stereocenters. The lowest BCUT2D eigenvalue weighted by atomic mass is 10.1. The zero-order valence-corrected chi connectivity index (χ0v) is 63.7. The van der Waals surface area contributed by atoms with Crippen LogP contribution >= 0.6 is 15.6 Å². The molecule has 0 rings (SSSR count). The Hall–Kier alpha value is -4.31. The first kappa shape index (κ1) is 94.7. The number of ether oxygens (including phenoxy) is 3. The molecule has 0 radical (unpaired) electrons. The molecule has 0 amide bonds. The molecule has 0 bridgehead atoms. The predicted octanol–water partition coefficient (Wildman–Crippen LogP) is 22.3. The summed E-state index contributed by atoms with van der Waals surface area (Å²) in [6.07, 6.45) is 87.7. The Bertz CT molecular complexity index is 2330. The first-order chi connectivity index (χ1) is 48.2. The lowest BCUT2D eigenvalue weighted by Crippen LogP contribution is -2.30. The fourth-order valence-corrected chi connectivity index (χ4v) is 11.5. The highest BCUT2D eigenvalue weighted by atomic mass is 31.2. The Balaban J connectivity index is 4.63. The van der Waals surface area contributed by atoms with E-state index in [0.29, 0.717) is 19.3 Å². The molecule has 0 aliphatic carbocycles. The Morgan fingerprint density at radius 2 is 0.535 bits per heavy atom. The van der Waals surface area contributed by atoms with Gasteiger partial charge in [-0.25, -0.2) is 9.13 Å². The van der Waals surface area contributed by atoms with Crippen LogP contribution in [0.3, 0.4) is 0 Å². The summed E-state index contributed by atoms with van der Waals surface area (Å²) in [5, 5.41) is 20.6. The van der Waals surface area contributed by atoms with Crippen molar-refractivity contribution >= 4 is 33.6 Å². The molecule has 0 aromatic rings. The summed E-state index contributed by atoms with van der Waals surface area (Å²) in [5.41, 5.74) is 0. The number of unbranched alkanes of at least 4 members (excludes halogenated alkanes) is 27. The SMILES string of the molecule is CC/C=C\C/C=C\C/C=C\C/C=C\C/C=C\CCCCCCCCCC(=O)OCC(COP(=O)(O)OCC(O)COP(=O)(O)OCC(O)COC(=O)CCCCCCCCCCC/C=C\C/C=C\C/C=C\C/C=C\CCCCC)OC(=O)CCCCCCC/C=C\C/C=C\CCCCC. The topological polar surface area (TPSA) is 231 Å². The fraction of sp³-hybridized carbons (Fsp3) is 0.691. The van der Waals surface area contributed by atoms with Gasteiger partial charge in [-0.05, 0) is 141 Å². The zero-order valence-electron chi connectivity index (χ0n) is 61.9. The number of aliphatic hydroxyl groups is 2. The van der Waals surface area contributed by atoms with Crippen LogP contribution in [-0.2, 0) is 55.8 Å². The molecule has 0 aliphatic heterocycles. The molecule has 0 aromatic carbocycles. The first-order valence-corrected chi connectivity index (χ1v) is 41.5. The van der Waals surface area contributed by atoms with Gasteiger partial charge in [0, 0.05) is 19.3 Å². The molecule has 0 spiro atoms. The van der Waals surface area contributed by atoms with Crippen LogP contribution in [0.4, 0.5) is 0 Å². The van der Waals surface area contributed by atoms with Crippen LogP contribution in [0.5, 0.6) is 0 Å². The van der Waals surface area contributed by atoms with E-state index in [4.69, 9.17) is 32.3 Å². The van der Waals surface area contributed by atoms with Gasteiger partial charge in [-0.2, -0.15) is 0 Å². The van der Waals surface area contributed by atoms with Gasteiger partial charge in [-0.1, -0.05) is 276 Å². The molecule has 16 nitrogen and oxygen atoms in total. The van der Waals surface area contributed by atoms with Gasteiger partial charge < -0.3 is 34.2 Å². The molecule has 4 N–H and O–H groups in total. The van der Waals surface area contributed by atoms with Crippen LogP contribution in [0.1, 0.15) is 303 Å². The standard InChI is InChI=1S/C81H138O16P2/c1-4-7-10-13-16-19-22-25-28-30-32-34-36-37-39-41-42-44-47-49-52-55-58-61-64-67-79(84)91-70-76(82)71-93-98(87,88)94-72-77(83)73-95-99(89,90)96-75-78(97-81(86)69-66-63-60-57-54-51-46-27-24-21-18-15-12-9-6-3)74-92-80(85)68-65-62-59-56-53-50-48-45-43-40-38-35-33-31-29-26-23-20-17-14-11-8-5-2/h8,11,16-21,25-29,32-35,37,39-40,43,46,76-78,82-83H,4-7,9-10,12-15,22-24,30-31,36,38,41-42,44-45,47-75H2,1-3H3,(H,87,88)(H,89,90)/b11-8-,19-16-,20-17-,21-18-,28-25-,29-26-,34-32-,35-33-,39-37-,43-40-,46-27-. The maximum atomic E-state index is 13.0. The van der Waals surface area contributed by atoms with Crippen molar-refractivity contribution in [2.75, 3.05) is 39.6 Å². The van der Waals surface area contributed by atoms with E-state index in [2.05, 4.69) is 154 Å². The Morgan fingerprint density at radius 1 is 0.293 bits per heavy atom. The Labute approximate surface area is 601 Å². The highest BCUT2D eigenvalue weighted by Gasteiger charge is 2.29. The van der Waals surface area contributed by atoms with Crippen molar-refractivity contribution in [3.8, 4) is 0 Å². The first-order valence-electron chi connectivity index (χ1n) is 38.5. The summed E-state index contributed by atoms with van der Waals surface area (Å²) >= 11 is 0. The number of hydrogen-bond acceptors (Lipinski definition) is 14. The van der Waals surface area contributed by atoms with Gasteiger partial charge >= 0.3 is 33.6 Å². The van der Waals surface area contributed by atoms with Crippen molar-refractivity contribution in [2.45, 2.75) is 322 Å². The van der Waals surface area contributed by atoms with Crippen LogP contribution in [0.25, 0.3) is 0 Å². The maximum absolute atomic E-state index is 13.0. The van der Waals surface area contributed by atoms with E-state index in [-0.39, 0.29) is 19.3 Å². The number of aliphatic hydroxyl groups excluding tert-OH is 2. The number of rotatable bonds is 72. The fourth-order valence-electron chi connectivity index (χ4n) is 9.96. The number of esters is 3. The van der Waals surface area contributed by atoms with E-state index in [9.17, 15) is 43.5 Å². The number of phosphoric acid groups is 2. The van der Waals surface area contributed by atoms with Crippen molar-refractivity contribution < 1.29 is 75.8 Å². The lowest BCUT2D eigenvalue weighted by Gasteiger charge is -2.21. The summed E-state index contributed by atoms with van der Waals surface area (Å²) in [6, 6.07) is 0. The van der Waals surface area contributed by atoms with Crippen molar-refractivity contribution in [1.29, 1.82) is 0 Å². The van der Waals surface area contributed by atoms with E-state index in [0.717, 1.165) is 173 Å². The van der Waals surface area contributed by atoms with Gasteiger partial charge in [-0.15, -0.1) is 0 Å². The quantitative estimate of drug-likeness (QED) is 0.0146. The van der Waals surface area contributed by atoms with E-state index < -0.39 is 91.5 Å². The van der Waals surface area contributed by atoms with E-state index in [1.54, 1.807) is 0 Å². The molecular formula is C81H138O16P2. The average Bonchev–Trinajstić information content (AvgIpc) is 1.84. The Morgan fingerprint density at radius 3 is 0.848 bits per heavy atom. The number of carbonyl (C=O) groups excluding carboxylic acids is 3. The highest BCUT2D eigenvalue weighted by Crippen LogP contribution is 2.45. The smallest absolute Gasteiger partial charge is 0.463 e. The lowest BCUT2D eigenvalue weighted by molar-refractivity contribution is -0.161. The minimum atomic E-state index is -4.94. The molecule has 0 aromatic heterocycles. The minimum absolute atomic E-state index is 0.0825. The number of carbonyl (C=O) groups is 3. The molecule has 0 fully saturated rings. The van der Waals surface area contributed by atoms with Crippen molar-refractivity contribution in [2.24, 2.45) is 0 Å². The highest BCUT2D eigenvalue weighted by molar-refractivity contribution is 7.47. The van der Waals surface area contributed by atoms with Crippen LogP contribution in [-0.4, -0.2) is 95.9 Å². The van der Waals surface area contributed by atoms with Crippen molar-refractivity contribution in [1.82, 2.24) is 0 Å². The summed E-state index contributed by atoms with van der Waals surface area (Å²) in [4.78, 5) is 58.6. The van der Waals surface area contributed by atoms with Gasteiger partial charge in [0.25, 0.3) is 0 Å². The van der Waals surface area contributed by atoms with E-state index in [1.807, 2.05) is 0 Å². The Kier molecular flexibility index (Phi) is 70.2. The van der Waals surface area contributed by atoms with Gasteiger partial charge in [0.05, 0.1) is 26.4 Å². The largest absolute Gasteiger partial charge is 0.472 e. The monoisotopic (exact) mass is 1430 g/mol. The summed E-state index contributed by atoms with van der Waals surface area (Å²) in [7, 11) is -9.80. The normalized spacial score (nSPS) is 14.8. The third-order valence-corrected chi connectivity index (χ3v) is 17.7. The van der Waals surface area contributed by atoms with Gasteiger partial charge in [0.2, 0.25) is 0 Å². The molecule has 0 saturated heterocycles. The van der Waals surface area contributed by atoms with E-state index >= 15 is 0 Å². The van der Waals surface area contributed by atoms with E-state index in [1.165, 1.54) is 70.6 Å². The minimum Gasteiger partial charge on any atom is -0.463 e. The molecule has 99 heavy (non-hydrogen) atoms. The molecule has 0 saturated carbocycles. The van der Waals surface area contributed by atoms with Gasteiger partial charge in [0.1, 0.15) is 25.4 Å². The molecule has 5 atom stereocenters. The summed E-state index contributed by atoms with van der Waals surface area (Å²) in [6.45, 7) is 2.48. The molecular weight excluding hydrogens is 1290 g/mol. The molecule has 0 aliphatic rings. The third-order valence-electron chi connectivity index (χ3n) is 15.8. The molecule has 568 valence electrons. The predicted molar refractivity (Wildman–Crippen MR) is 408 cm³/mol. The molecule has 0 heterocycles. The zero-order chi connectivity index (χ0) is 72.3. The second kappa shape index (κ2) is 73.4. The van der Waals surface area contributed by atoms with Crippen LogP contribution in [0.15, 0.2) is 134 Å². The number of phosphoric ester groups is 2. The third kappa shape index (κ3) is 74.7. The van der Waals surface area contributed by atoms with Crippen LogP contribution < -0.4 is 0 Å².